The summed E-state index contributed by atoms with van der Waals surface area (Å²) >= 11 is 5.79. The molecule has 0 saturated heterocycles. The van der Waals surface area contributed by atoms with Gasteiger partial charge in [0.05, 0.1) is 6.21 Å². The zero-order valence-corrected chi connectivity index (χ0v) is 15.0. The first-order valence-electron chi connectivity index (χ1n) is 8.17. The second-order valence-corrected chi connectivity index (χ2v) is 6.09. The molecule has 3 aromatic carbocycles. The van der Waals surface area contributed by atoms with Crippen molar-refractivity contribution in [3.63, 3.8) is 0 Å². The van der Waals surface area contributed by atoms with E-state index in [-0.39, 0.29) is 18.3 Å². The zero-order chi connectivity index (χ0) is 19.1. The van der Waals surface area contributed by atoms with Gasteiger partial charge in [0.15, 0.2) is 0 Å². The minimum atomic E-state index is -0.326. The van der Waals surface area contributed by atoms with E-state index in [0.717, 1.165) is 5.56 Å². The van der Waals surface area contributed by atoms with Crippen molar-refractivity contribution in [1.29, 1.82) is 0 Å². The fourth-order valence-corrected chi connectivity index (χ4v) is 2.38. The molecule has 0 aromatic heterocycles. The lowest BCUT2D eigenvalue weighted by atomic mass is 10.2. The van der Waals surface area contributed by atoms with E-state index in [1.165, 1.54) is 12.3 Å². The molecule has 3 rings (SSSR count). The monoisotopic (exact) mass is 382 g/mol. The molecule has 0 bridgehead atoms. The van der Waals surface area contributed by atoms with E-state index in [0.29, 0.717) is 21.9 Å². The summed E-state index contributed by atoms with van der Waals surface area (Å²) in [6, 6.07) is 20.1. The number of hydrazone groups is 1. The number of rotatable bonds is 6. The third-order valence-corrected chi connectivity index (χ3v) is 3.97. The highest BCUT2D eigenvalue weighted by molar-refractivity contribution is 6.30. The molecule has 0 heterocycles. The van der Waals surface area contributed by atoms with Crippen molar-refractivity contribution < 1.29 is 13.9 Å². The van der Waals surface area contributed by atoms with Crippen molar-refractivity contribution in [1.82, 2.24) is 5.43 Å². The molecule has 0 aliphatic rings. The molecule has 136 valence electrons. The van der Waals surface area contributed by atoms with Crippen LogP contribution in [0.3, 0.4) is 0 Å². The van der Waals surface area contributed by atoms with Gasteiger partial charge in [-0.05, 0) is 60.2 Å². The maximum atomic E-state index is 13.6. The molecule has 3 aromatic rings. The van der Waals surface area contributed by atoms with Gasteiger partial charge in [-0.2, -0.15) is 5.10 Å². The molecule has 0 atom stereocenters. The van der Waals surface area contributed by atoms with E-state index < -0.39 is 0 Å². The second kappa shape index (κ2) is 8.96. The van der Waals surface area contributed by atoms with Crippen LogP contribution in [0.5, 0.6) is 5.75 Å². The summed E-state index contributed by atoms with van der Waals surface area (Å²) in [6.07, 6.45) is 1.52. The minimum Gasteiger partial charge on any atom is -0.489 e. The molecular weight excluding hydrogens is 367 g/mol. The smallest absolute Gasteiger partial charge is 0.271 e. The number of ether oxygens (including phenoxy) is 1. The van der Waals surface area contributed by atoms with Gasteiger partial charge in [-0.15, -0.1) is 0 Å². The average Bonchev–Trinajstić information content (AvgIpc) is 2.69. The van der Waals surface area contributed by atoms with Crippen LogP contribution < -0.4 is 10.2 Å². The molecule has 0 fully saturated rings. The largest absolute Gasteiger partial charge is 0.489 e. The second-order valence-electron chi connectivity index (χ2n) is 5.66. The van der Waals surface area contributed by atoms with Gasteiger partial charge in [0, 0.05) is 16.1 Å². The number of carbonyl (C=O) groups excluding carboxylic acids is 1. The Bertz CT molecular complexity index is 941. The number of nitrogens with one attached hydrogen (secondary N) is 1. The molecule has 1 N–H and O–H groups in total. The molecule has 6 heteroatoms. The maximum absolute atomic E-state index is 13.6. The van der Waals surface area contributed by atoms with E-state index in [1.54, 1.807) is 66.7 Å². The number of benzene rings is 3. The van der Waals surface area contributed by atoms with Crippen LogP contribution in [-0.4, -0.2) is 12.1 Å². The van der Waals surface area contributed by atoms with Crippen molar-refractivity contribution in [2.45, 2.75) is 6.61 Å². The number of nitrogens with zero attached hydrogens (tertiary/aromatic N) is 1. The van der Waals surface area contributed by atoms with Crippen LogP contribution in [-0.2, 0) is 6.61 Å². The highest BCUT2D eigenvalue weighted by Crippen LogP contribution is 2.15. The fourth-order valence-electron chi connectivity index (χ4n) is 2.26. The number of halogens is 2. The van der Waals surface area contributed by atoms with Gasteiger partial charge in [-0.1, -0.05) is 29.8 Å². The lowest BCUT2D eigenvalue weighted by Gasteiger charge is -2.07. The summed E-state index contributed by atoms with van der Waals surface area (Å²) in [5, 5.41) is 4.49. The van der Waals surface area contributed by atoms with Gasteiger partial charge in [0.1, 0.15) is 18.2 Å². The number of amides is 1. The molecule has 0 aliphatic carbocycles. The minimum absolute atomic E-state index is 0.150. The first kappa shape index (κ1) is 18.6. The maximum Gasteiger partial charge on any atom is 0.271 e. The van der Waals surface area contributed by atoms with Crippen LogP contribution in [0.25, 0.3) is 0 Å². The molecular formula is C21H16ClFN2O2. The van der Waals surface area contributed by atoms with Crippen molar-refractivity contribution in [2.24, 2.45) is 5.10 Å². The van der Waals surface area contributed by atoms with Gasteiger partial charge < -0.3 is 4.74 Å². The van der Waals surface area contributed by atoms with Crippen LogP contribution in [0.15, 0.2) is 77.9 Å². The third kappa shape index (κ3) is 5.39. The van der Waals surface area contributed by atoms with Crippen LogP contribution in [0.1, 0.15) is 21.5 Å². The Morgan fingerprint density at radius 2 is 1.74 bits per heavy atom. The Balaban J connectivity index is 1.52. The molecule has 4 nitrogen and oxygen atoms in total. The van der Waals surface area contributed by atoms with Gasteiger partial charge >= 0.3 is 0 Å². The van der Waals surface area contributed by atoms with Gasteiger partial charge in [0.25, 0.3) is 5.91 Å². The summed E-state index contributed by atoms with van der Waals surface area (Å²) in [5.41, 5.74) is 4.19. The van der Waals surface area contributed by atoms with Gasteiger partial charge in [-0.25, -0.2) is 9.82 Å². The van der Waals surface area contributed by atoms with E-state index in [2.05, 4.69) is 10.5 Å². The molecule has 0 radical (unpaired) electrons. The van der Waals surface area contributed by atoms with Crippen molar-refractivity contribution in [3.8, 4) is 5.75 Å². The highest BCUT2D eigenvalue weighted by atomic mass is 35.5. The number of hydrogen-bond donors (Lipinski definition) is 1. The van der Waals surface area contributed by atoms with Gasteiger partial charge in [0.2, 0.25) is 0 Å². The van der Waals surface area contributed by atoms with Gasteiger partial charge in [-0.3, -0.25) is 4.79 Å². The Morgan fingerprint density at radius 3 is 2.44 bits per heavy atom. The van der Waals surface area contributed by atoms with Crippen molar-refractivity contribution in [3.05, 3.63) is 100 Å². The third-order valence-electron chi connectivity index (χ3n) is 3.72. The molecule has 0 spiro atoms. The van der Waals surface area contributed by atoms with Crippen LogP contribution in [0.2, 0.25) is 5.02 Å². The first-order chi connectivity index (χ1) is 13.1. The van der Waals surface area contributed by atoms with E-state index >= 15 is 0 Å². The fraction of sp³-hybridized carbons (Fsp3) is 0.0476. The van der Waals surface area contributed by atoms with Crippen LogP contribution >= 0.6 is 11.6 Å². The molecule has 0 aliphatic heterocycles. The number of carbonyl (C=O) groups is 1. The van der Waals surface area contributed by atoms with Crippen LogP contribution in [0.4, 0.5) is 4.39 Å². The summed E-state index contributed by atoms with van der Waals surface area (Å²) < 4.78 is 19.1. The Kier molecular flexibility index (Phi) is 6.18. The quantitative estimate of drug-likeness (QED) is 0.490. The standard InChI is InChI=1S/C21H16ClFN2O2/c22-18-9-7-16(8-10-18)21(26)25-24-13-15-5-11-19(12-6-15)27-14-17-3-1-2-4-20(17)23/h1-13H,14H2,(H,25,26)/b24-13+. The summed E-state index contributed by atoms with van der Waals surface area (Å²) in [7, 11) is 0. The predicted molar refractivity (Wildman–Crippen MR) is 104 cm³/mol. The summed E-state index contributed by atoms with van der Waals surface area (Å²) in [6.45, 7) is 0.150. The van der Waals surface area contributed by atoms with E-state index in [9.17, 15) is 9.18 Å². The van der Waals surface area contributed by atoms with Crippen molar-refractivity contribution in [2.75, 3.05) is 0 Å². The van der Waals surface area contributed by atoms with Crippen LogP contribution in [0, 0.1) is 5.82 Å². The first-order valence-corrected chi connectivity index (χ1v) is 8.55. The molecule has 1 amide bonds. The molecule has 27 heavy (non-hydrogen) atoms. The molecule has 0 saturated carbocycles. The van der Waals surface area contributed by atoms with E-state index in [4.69, 9.17) is 16.3 Å². The predicted octanol–water partition coefficient (Wildman–Crippen LogP) is 4.82. The van der Waals surface area contributed by atoms with Crippen molar-refractivity contribution >= 4 is 23.7 Å². The lowest BCUT2D eigenvalue weighted by molar-refractivity contribution is 0.0955. The Morgan fingerprint density at radius 1 is 1.04 bits per heavy atom. The lowest BCUT2D eigenvalue weighted by Crippen LogP contribution is -2.17. The summed E-state index contributed by atoms with van der Waals surface area (Å²) in [4.78, 5) is 11.9. The summed E-state index contributed by atoms with van der Waals surface area (Å²) in [5.74, 6) is -0.00829. The van der Waals surface area contributed by atoms with E-state index in [1.807, 2.05) is 0 Å². The number of hydrogen-bond acceptors (Lipinski definition) is 3. The topological polar surface area (TPSA) is 50.7 Å². The SMILES string of the molecule is O=C(N/N=C/c1ccc(OCc2ccccc2F)cc1)c1ccc(Cl)cc1. The normalized spacial score (nSPS) is 10.7. The Labute approximate surface area is 161 Å². The molecule has 0 unspecified atom stereocenters. The Hall–Kier alpha value is -3.18. The highest BCUT2D eigenvalue weighted by Gasteiger charge is 2.04. The average molecular weight is 383 g/mol. The zero-order valence-electron chi connectivity index (χ0n) is 14.2.